The molecule has 19 heavy (non-hydrogen) atoms. The van der Waals surface area contributed by atoms with Crippen molar-refractivity contribution in [3.05, 3.63) is 39.9 Å². The van der Waals surface area contributed by atoms with Crippen molar-refractivity contribution in [2.45, 2.75) is 6.42 Å². The van der Waals surface area contributed by atoms with Crippen LogP contribution in [-0.4, -0.2) is 24.9 Å². The second kappa shape index (κ2) is 6.54. The molecule has 0 radical (unpaired) electrons. The predicted octanol–water partition coefficient (Wildman–Crippen LogP) is 3.27. The quantitative estimate of drug-likeness (QED) is 0.831. The second-order valence-electron chi connectivity index (χ2n) is 3.82. The van der Waals surface area contributed by atoms with Gasteiger partial charge in [0.15, 0.2) is 16.6 Å². The smallest absolute Gasteiger partial charge is 0.184 e. The summed E-state index contributed by atoms with van der Waals surface area (Å²) in [5.74, 6) is 0.846. The summed E-state index contributed by atoms with van der Waals surface area (Å²) in [5, 5.41) is 4.07. The minimum absolute atomic E-state index is 0.256. The molecule has 2 aromatic rings. The van der Waals surface area contributed by atoms with Crippen molar-refractivity contribution in [2.75, 3.05) is 19.0 Å². The van der Waals surface area contributed by atoms with E-state index in [9.17, 15) is 4.79 Å². The number of hydrogen-bond acceptors (Lipinski definition) is 5. The zero-order chi connectivity index (χ0) is 13.7. The number of halogens is 1. The summed E-state index contributed by atoms with van der Waals surface area (Å²) in [5.41, 5.74) is 1.20. The van der Waals surface area contributed by atoms with Crippen molar-refractivity contribution >= 4 is 34.4 Å². The van der Waals surface area contributed by atoms with E-state index in [1.807, 2.05) is 24.3 Å². The number of anilines is 1. The Bertz CT molecular complexity index is 554. The fraction of sp³-hybridized carbons (Fsp3) is 0.231. The molecule has 2 rings (SSSR count). The SMILES string of the molecule is COc1ccc(CCNc2nc(Cl)c(C=O)s2)cc1. The lowest BCUT2D eigenvalue weighted by molar-refractivity contribution is 0.112. The highest BCUT2D eigenvalue weighted by molar-refractivity contribution is 7.17. The average Bonchev–Trinajstić information content (AvgIpc) is 2.80. The molecule has 100 valence electrons. The Balaban J connectivity index is 1.86. The average molecular weight is 297 g/mol. The first-order chi connectivity index (χ1) is 9.22. The van der Waals surface area contributed by atoms with E-state index in [1.54, 1.807) is 7.11 Å². The molecule has 0 aliphatic heterocycles. The standard InChI is InChI=1S/C13H13ClN2O2S/c1-18-10-4-2-9(3-5-10)6-7-15-13-16-12(14)11(8-17)19-13/h2-5,8H,6-7H2,1H3,(H,15,16). The van der Waals surface area contributed by atoms with Gasteiger partial charge in [0.25, 0.3) is 0 Å². The molecule has 0 aliphatic carbocycles. The van der Waals surface area contributed by atoms with Gasteiger partial charge in [-0.25, -0.2) is 4.98 Å². The highest BCUT2D eigenvalue weighted by Gasteiger charge is 2.07. The molecule has 1 N–H and O–H groups in total. The van der Waals surface area contributed by atoms with Gasteiger partial charge in [-0.05, 0) is 24.1 Å². The lowest BCUT2D eigenvalue weighted by Gasteiger charge is -2.04. The summed E-state index contributed by atoms with van der Waals surface area (Å²) in [6.45, 7) is 0.731. The number of hydrogen-bond donors (Lipinski definition) is 1. The predicted molar refractivity (Wildman–Crippen MR) is 77.7 cm³/mol. The van der Waals surface area contributed by atoms with Crippen LogP contribution in [0.4, 0.5) is 5.13 Å². The molecular formula is C13H13ClN2O2S. The highest BCUT2D eigenvalue weighted by atomic mass is 35.5. The van der Waals surface area contributed by atoms with E-state index in [-0.39, 0.29) is 5.15 Å². The minimum atomic E-state index is 0.256. The van der Waals surface area contributed by atoms with E-state index in [1.165, 1.54) is 16.9 Å². The van der Waals surface area contributed by atoms with Crippen molar-refractivity contribution in [3.63, 3.8) is 0 Å². The first-order valence-corrected chi connectivity index (χ1v) is 6.90. The number of nitrogens with zero attached hydrogens (tertiary/aromatic N) is 1. The Morgan fingerprint density at radius 3 is 2.74 bits per heavy atom. The summed E-state index contributed by atoms with van der Waals surface area (Å²) >= 11 is 7.05. The molecule has 1 aromatic heterocycles. The molecule has 0 bridgehead atoms. The third kappa shape index (κ3) is 3.68. The Morgan fingerprint density at radius 2 is 2.16 bits per heavy atom. The molecule has 0 fully saturated rings. The Kier molecular flexibility index (Phi) is 4.76. The molecule has 0 saturated carbocycles. The number of methoxy groups -OCH3 is 1. The van der Waals surface area contributed by atoms with Gasteiger partial charge in [-0.15, -0.1) is 0 Å². The number of aromatic nitrogens is 1. The van der Waals surface area contributed by atoms with E-state index < -0.39 is 0 Å². The van der Waals surface area contributed by atoms with Gasteiger partial charge in [0, 0.05) is 6.54 Å². The van der Waals surface area contributed by atoms with Crippen molar-refractivity contribution in [1.29, 1.82) is 0 Å². The van der Waals surface area contributed by atoms with E-state index in [2.05, 4.69) is 10.3 Å². The zero-order valence-corrected chi connectivity index (χ0v) is 11.9. The van der Waals surface area contributed by atoms with Gasteiger partial charge in [-0.3, -0.25) is 4.79 Å². The monoisotopic (exact) mass is 296 g/mol. The summed E-state index contributed by atoms with van der Waals surface area (Å²) < 4.78 is 5.10. The van der Waals surface area contributed by atoms with Crippen LogP contribution in [0.2, 0.25) is 5.15 Å². The topological polar surface area (TPSA) is 51.2 Å². The maximum Gasteiger partial charge on any atom is 0.184 e. The van der Waals surface area contributed by atoms with Crippen LogP contribution in [0, 0.1) is 0 Å². The van der Waals surface area contributed by atoms with E-state index >= 15 is 0 Å². The number of carbonyl (C=O) groups is 1. The molecular weight excluding hydrogens is 284 g/mol. The summed E-state index contributed by atoms with van der Waals surface area (Å²) in [6.07, 6.45) is 1.58. The molecule has 0 spiro atoms. The van der Waals surface area contributed by atoms with Crippen molar-refractivity contribution < 1.29 is 9.53 Å². The van der Waals surface area contributed by atoms with Crippen LogP contribution >= 0.6 is 22.9 Å². The summed E-state index contributed by atoms with van der Waals surface area (Å²) in [6, 6.07) is 7.90. The molecule has 1 heterocycles. The number of aldehydes is 1. The molecule has 0 aliphatic rings. The molecule has 0 saturated heterocycles. The first-order valence-electron chi connectivity index (χ1n) is 5.71. The van der Waals surface area contributed by atoms with Gasteiger partial charge in [-0.2, -0.15) is 0 Å². The van der Waals surface area contributed by atoms with E-state index in [0.29, 0.717) is 16.3 Å². The Hall–Kier alpha value is -1.59. The van der Waals surface area contributed by atoms with Gasteiger partial charge in [0.1, 0.15) is 10.6 Å². The Labute approximate surface area is 120 Å². The summed E-state index contributed by atoms with van der Waals surface area (Å²) in [4.78, 5) is 15.2. The molecule has 0 unspecified atom stereocenters. The van der Waals surface area contributed by atoms with Gasteiger partial charge >= 0.3 is 0 Å². The number of rotatable bonds is 6. The van der Waals surface area contributed by atoms with Crippen LogP contribution in [0.25, 0.3) is 0 Å². The van der Waals surface area contributed by atoms with Gasteiger partial charge in [0.05, 0.1) is 7.11 Å². The maximum atomic E-state index is 10.6. The first kappa shape index (κ1) is 13.8. The second-order valence-corrected chi connectivity index (χ2v) is 5.21. The zero-order valence-electron chi connectivity index (χ0n) is 10.4. The van der Waals surface area contributed by atoms with Gasteiger partial charge in [0.2, 0.25) is 0 Å². The normalized spacial score (nSPS) is 10.2. The maximum absolute atomic E-state index is 10.6. The largest absolute Gasteiger partial charge is 0.497 e. The fourth-order valence-corrected chi connectivity index (χ4v) is 2.56. The minimum Gasteiger partial charge on any atom is -0.497 e. The van der Waals surface area contributed by atoms with Crippen LogP contribution < -0.4 is 10.1 Å². The van der Waals surface area contributed by atoms with Gasteiger partial charge < -0.3 is 10.1 Å². The molecule has 4 nitrogen and oxygen atoms in total. The lowest BCUT2D eigenvalue weighted by Crippen LogP contribution is -2.04. The Morgan fingerprint density at radius 1 is 1.42 bits per heavy atom. The number of carbonyl (C=O) groups excluding carboxylic acids is 1. The number of nitrogens with one attached hydrogen (secondary N) is 1. The van der Waals surface area contributed by atoms with E-state index in [0.717, 1.165) is 18.7 Å². The van der Waals surface area contributed by atoms with Crippen molar-refractivity contribution in [1.82, 2.24) is 4.98 Å². The van der Waals surface area contributed by atoms with Crippen LogP contribution in [0.3, 0.4) is 0 Å². The molecule has 0 atom stereocenters. The highest BCUT2D eigenvalue weighted by Crippen LogP contribution is 2.25. The third-order valence-corrected chi connectivity index (χ3v) is 3.90. The number of benzene rings is 1. The molecule has 0 amide bonds. The van der Waals surface area contributed by atoms with Crippen molar-refractivity contribution in [3.8, 4) is 5.75 Å². The van der Waals surface area contributed by atoms with Crippen LogP contribution in [0.15, 0.2) is 24.3 Å². The van der Waals surface area contributed by atoms with Crippen molar-refractivity contribution in [2.24, 2.45) is 0 Å². The molecule has 6 heteroatoms. The van der Waals surface area contributed by atoms with E-state index in [4.69, 9.17) is 16.3 Å². The fourth-order valence-electron chi connectivity index (χ4n) is 1.57. The van der Waals surface area contributed by atoms with Crippen LogP contribution in [0.5, 0.6) is 5.75 Å². The number of thiazole rings is 1. The summed E-state index contributed by atoms with van der Waals surface area (Å²) in [7, 11) is 1.65. The van der Waals surface area contributed by atoms with Gasteiger partial charge in [-0.1, -0.05) is 35.1 Å². The lowest BCUT2D eigenvalue weighted by atomic mass is 10.1. The third-order valence-electron chi connectivity index (χ3n) is 2.57. The van der Waals surface area contributed by atoms with Crippen LogP contribution in [0.1, 0.15) is 15.2 Å². The van der Waals surface area contributed by atoms with Crippen LogP contribution in [-0.2, 0) is 6.42 Å². The number of ether oxygens (including phenoxy) is 1. The molecule has 1 aromatic carbocycles.